The minimum absolute atomic E-state index is 0.113. The molecule has 0 radical (unpaired) electrons. The lowest BCUT2D eigenvalue weighted by atomic mass is 10.00. The molecule has 1 N–H and O–H groups in total. The summed E-state index contributed by atoms with van der Waals surface area (Å²) in [4.78, 5) is 14.5. The van der Waals surface area contributed by atoms with E-state index in [-0.39, 0.29) is 11.9 Å². The first-order chi connectivity index (χ1) is 9.00. The Balaban J connectivity index is 2.37. The Morgan fingerprint density at radius 2 is 1.95 bits per heavy atom. The van der Waals surface area contributed by atoms with Crippen LogP contribution in [0.2, 0.25) is 0 Å². The molecule has 1 saturated heterocycles. The predicted molar refractivity (Wildman–Crippen MR) is 79.6 cm³/mol. The summed E-state index contributed by atoms with van der Waals surface area (Å²) in [6, 6.07) is 8.52. The zero-order chi connectivity index (χ0) is 14.0. The van der Waals surface area contributed by atoms with Gasteiger partial charge in [0.15, 0.2) is 0 Å². The molecule has 2 rings (SSSR count). The largest absolute Gasteiger partial charge is 0.311 e. The molecule has 0 bridgehead atoms. The third-order valence-corrected chi connectivity index (χ3v) is 3.81. The number of carbonyl (C=O) groups excluding carboxylic acids is 1. The van der Waals surface area contributed by atoms with E-state index in [2.05, 4.69) is 38.2 Å². The van der Waals surface area contributed by atoms with Gasteiger partial charge in [0.2, 0.25) is 5.91 Å². The van der Waals surface area contributed by atoms with Crippen LogP contribution in [-0.2, 0) is 4.79 Å². The third kappa shape index (κ3) is 2.98. The molecular weight excluding hydrogens is 236 g/mol. The van der Waals surface area contributed by atoms with Gasteiger partial charge >= 0.3 is 0 Å². The number of rotatable bonds is 2. The van der Waals surface area contributed by atoms with Gasteiger partial charge in [0.1, 0.15) is 0 Å². The number of hydrogen-bond acceptors (Lipinski definition) is 2. The molecule has 0 aliphatic carbocycles. The monoisotopic (exact) mass is 260 g/mol. The first kappa shape index (κ1) is 14.1. The number of nitrogens with zero attached hydrogens (tertiary/aromatic N) is 1. The first-order valence-corrected chi connectivity index (χ1v) is 7.17. The van der Waals surface area contributed by atoms with Crippen LogP contribution < -0.4 is 10.2 Å². The van der Waals surface area contributed by atoms with E-state index < -0.39 is 0 Å². The summed E-state index contributed by atoms with van der Waals surface area (Å²) in [7, 11) is 0. The maximum Gasteiger partial charge on any atom is 0.243 e. The quantitative estimate of drug-likeness (QED) is 0.886. The van der Waals surface area contributed by atoms with Crippen molar-refractivity contribution in [1.29, 1.82) is 0 Å². The van der Waals surface area contributed by atoms with E-state index in [1.54, 1.807) is 0 Å². The molecule has 3 nitrogen and oxygen atoms in total. The van der Waals surface area contributed by atoms with E-state index in [1.165, 1.54) is 5.56 Å². The molecule has 104 valence electrons. The van der Waals surface area contributed by atoms with Crippen molar-refractivity contribution in [2.75, 3.05) is 11.4 Å². The summed E-state index contributed by atoms with van der Waals surface area (Å²) in [5, 5.41) is 3.35. The highest BCUT2D eigenvalue weighted by Gasteiger charge is 2.28. The van der Waals surface area contributed by atoms with Gasteiger partial charge in [0.05, 0.1) is 6.04 Å². The number of amides is 1. The highest BCUT2D eigenvalue weighted by Crippen LogP contribution is 2.28. The van der Waals surface area contributed by atoms with Gasteiger partial charge in [0, 0.05) is 18.3 Å². The molecule has 1 amide bonds. The second-order valence-corrected chi connectivity index (χ2v) is 5.78. The second kappa shape index (κ2) is 5.74. The van der Waals surface area contributed by atoms with E-state index in [0.717, 1.165) is 18.7 Å². The van der Waals surface area contributed by atoms with Crippen molar-refractivity contribution in [2.24, 2.45) is 0 Å². The molecule has 1 heterocycles. The molecule has 19 heavy (non-hydrogen) atoms. The Morgan fingerprint density at radius 3 is 2.63 bits per heavy atom. The molecule has 2 unspecified atom stereocenters. The smallest absolute Gasteiger partial charge is 0.243 e. The van der Waals surface area contributed by atoms with Crippen LogP contribution in [0.1, 0.15) is 45.6 Å². The van der Waals surface area contributed by atoms with Crippen molar-refractivity contribution in [3.8, 4) is 0 Å². The SMILES string of the molecule is CC1CCN(c2ccccc2C(C)C)C(=O)C(C)N1. The molecule has 1 aromatic rings. The lowest BCUT2D eigenvalue weighted by Crippen LogP contribution is -2.43. The lowest BCUT2D eigenvalue weighted by Gasteiger charge is -2.26. The fraction of sp³-hybridized carbons (Fsp3) is 0.562. The maximum absolute atomic E-state index is 12.5. The van der Waals surface area contributed by atoms with E-state index in [4.69, 9.17) is 0 Å². The average Bonchev–Trinajstić information content (AvgIpc) is 2.50. The Kier molecular flexibility index (Phi) is 4.25. The molecule has 1 aliphatic heterocycles. The highest BCUT2D eigenvalue weighted by atomic mass is 16.2. The summed E-state index contributed by atoms with van der Waals surface area (Å²) in [6.07, 6.45) is 0.989. The van der Waals surface area contributed by atoms with Crippen molar-refractivity contribution in [1.82, 2.24) is 5.32 Å². The minimum atomic E-state index is -0.113. The van der Waals surface area contributed by atoms with Gasteiger partial charge in [-0.15, -0.1) is 0 Å². The van der Waals surface area contributed by atoms with Crippen molar-refractivity contribution in [2.45, 2.75) is 52.1 Å². The summed E-state index contributed by atoms with van der Waals surface area (Å²) in [5.41, 5.74) is 2.32. The Bertz CT molecular complexity index is 456. The topological polar surface area (TPSA) is 32.3 Å². The normalized spacial score (nSPS) is 24.7. The van der Waals surface area contributed by atoms with Crippen LogP contribution in [0.15, 0.2) is 24.3 Å². The van der Waals surface area contributed by atoms with Crippen LogP contribution in [-0.4, -0.2) is 24.5 Å². The summed E-state index contributed by atoms with van der Waals surface area (Å²) >= 11 is 0. The van der Waals surface area contributed by atoms with E-state index in [9.17, 15) is 4.79 Å². The van der Waals surface area contributed by atoms with Crippen LogP contribution in [0.4, 0.5) is 5.69 Å². The van der Waals surface area contributed by atoms with Gasteiger partial charge in [-0.1, -0.05) is 32.0 Å². The van der Waals surface area contributed by atoms with Gasteiger partial charge < -0.3 is 10.2 Å². The fourth-order valence-corrected chi connectivity index (χ4v) is 2.71. The molecule has 3 heteroatoms. The van der Waals surface area contributed by atoms with E-state index in [1.807, 2.05) is 24.0 Å². The lowest BCUT2D eigenvalue weighted by molar-refractivity contribution is -0.119. The van der Waals surface area contributed by atoms with Crippen molar-refractivity contribution < 1.29 is 4.79 Å². The van der Waals surface area contributed by atoms with Gasteiger partial charge in [-0.2, -0.15) is 0 Å². The number of nitrogens with one attached hydrogen (secondary N) is 1. The van der Waals surface area contributed by atoms with Gasteiger partial charge in [-0.3, -0.25) is 4.79 Å². The van der Waals surface area contributed by atoms with Crippen LogP contribution in [0.3, 0.4) is 0 Å². The number of benzene rings is 1. The molecule has 0 spiro atoms. The Hall–Kier alpha value is -1.35. The molecule has 2 atom stereocenters. The molecular formula is C16H24N2O. The number of hydrogen-bond donors (Lipinski definition) is 1. The van der Waals surface area contributed by atoms with Crippen LogP contribution in [0.5, 0.6) is 0 Å². The van der Waals surface area contributed by atoms with Gasteiger partial charge in [-0.25, -0.2) is 0 Å². The standard InChI is InChI=1S/C16H24N2O/c1-11(2)14-7-5-6-8-15(14)18-10-9-12(3)17-13(4)16(18)19/h5-8,11-13,17H,9-10H2,1-4H3. The molecule has 1 fully saturated rings. The Morgan fingerprint density at radius 1 is 1.26 bits per heavy atom. The zero-order valence-corrected chi connectivity index (χ0v) is 12.3. The molecule has 1 aliphatic rings. The number of carbonyl (C=O) groups is 1. The van der Waals surface area contributed by atoms with Crippen molar-refractivity contribution in [3.05, 3.63) is 29.8 Å². The van der Waals surface area contributed by atoms with E-state index >= 15 is 0 Å². The average molecular weight is 260 g/mol. The molecule has 1 aromatic carbocycles. The molecule has 0 saturated carbocycles. The van der Waals surface area contributed by atoms with Crippen molar-refractivity contribution >= 4 is 11.6 Å². The number of anilines is 1. The maximum atomic E-state index is 12.5. The van der Waals surface area contributed by atoms with Crippen LogP contribution >= 0.6 is 0 Å². The third-order valence-electron chi connectivity index (χ3n) is 3.81. The summed E-state index contributed by atoms with van der Waals surface area (Å²) in [6.45, 7) is 9.23. The first-order valence-electron chi connectivity index (χ1n) is 7.17. The molecule has 0 aromatic heterocycles. The van der Waals surface area contributed by atoms with Crippen LogP contribution in [0.25, 0.3) is 0 Å². The summed E-state index contributed by atoms with van der Waals surface area (Å²) in [5.74, 6) is 0.602. The highest BCUT2D eigenvalue weighted by molar-refractivity contribution is 5.98. The van der Waals surface area contributed by atoms with Gasteiger partial charge in [0.25, 0.3) is 0 Å². The van der Waals surface area contributed by atoms with Crippen LogP contribution in [0, 0.1) is 0 Å². The van der Waals surface area contributed by atoms with Crippen molar-refractivity contribution in [3.63, 3.8) is 0 Å². The van der Waals surface area contributed by atoms with E-state index in [0.29, 0.717) is 12.0 Å². The predicted octanol–water partition coefficient (Wildman–Crippen LogP) is 2.91. The Labute approximate surface area is 116 Å². The second-order valence-electron chi connectivity index (χ2n) is 5.78. The fourth-order valence-electron chi connectivity index (χ4n) is 2.71. The summed E-state index contributed by atoms with van der Waals surface area (Å²) < 4.78 is 0. The van der Waals surface area contributed by atoms with Gasteiger partial charge in [-0.05, 0) is 37.8 Å². The minimum Gasteiger partial charge on any atom is -0.311 e. The zero-order valence-electron chi connectivity index (χ0n) is 12.3. The number of para-hydroxylation sites is 1.